The molecule has 0 bridgehead atoms. The summed E-state index contributed by atoms with van der Waals surface area (Å²) in [5.74, 6) is -2.29. The van der Waals surface area contributed by atoms with Crippen LogP contribution in [0.3, 0.4) is 0 Å². The van der Waals surface area contributed by atoms with E-state index < -0.39 is 29.7 Å². The number of rotatable bonds is 7. The molecule has 1 aromatic rings. The van der Waals surface area contributed by atoms with E-state index in [2.05, 4.69) is 10.6 Å². The van der Waals surface area contributed by atoms with Gasteiger partial charge in [0.2, 0.25) is 0 Å². The van der Waals surface area contributed by atoms with Gasteiger partial charge in [-0.1, -0.05) is 13.0 Å². The Balaban J connectivity index is 1.81. The molecule has 1 unspecified atom stereocenters. The third-order valence-electron chi connectivity index (χ3n) is 4.49. The van der Waals surface area contributed by atoms with Crippen molar-refractivity contribution in [1.82, 2.24) is 15.5 Å². The molecule has 1 aliphatic carbocycles. The summed E-state index contributed by atoms with van der Waals surface area (Å²) >= 11 is 0. The van der Waals surface area contributed by atoms with Crippen LogP contribution < -0.4 is 10.6 Å². The molecule has 6 nitrogen and oxygen atoms in total. The van der Waals surface area contributed by atoms with Crippen molar-refractivity contribution in [3.63, 3.8) is 0 Å². The van der Waals surface area contributed by atoms with Gasteiger partial charge in [0, 0.05) is 17.6 Å². The Morgan fingerprint density at radius 3 is 2.44 bits per heavy atom. The molecule has 0 aliphatic heterocycles. The number of carboxylic acid groups (broad SMARTS) is 1. The van der Waals surface area contributed by atoms with Crippen LogP contribution in [0, 0.1) is 11.6 Å². The number of nitrogens with zero attached hydrogens (tertiary/aromatic N) is 1. The number of carboxylic acids is 1. The molecule has 1 fully saturated rings. The number of carbonyl (C=O) groups is 2. The summed E-state index contributed by atoms with van der Waals surface area (Å²) in [5.41, 5.74) is -0.178. The minimum atomic E-state index is -0.878. The van der Waals surface area contributed by atoms with Crippen LogP contribution in [0.5, 0.6) is 0 Å². The van der Waals surface area contributed by atoms with E-state index in [4.69, 9.17) is 5.11 Å². The van der Waals surface area contributed by atoms with Crippen LogP contribution in [0.25, 0.3) is 0 Å². The van der Waals surface area contributed by atoms with Crippen molar-refractivity contribution < 1.29 is 23.5 Å². The number of nitrogens with one attached hydrogen (secondary N) is 2. The van der Waals surface area contributed by atoms with E-state index in [1.807, 2.05) is 11.8 Å². The Labute approximate surface area is 145 Å². The maximum Gasteiger partial charge on any atom is 0.317 e. The van der Waals surface area contributed by atoms with E-state index in [-0.39, 0.29) is 24.2 Å². The third-order valence-corrected chi connectivity index (χ3v) is 4.49. The maximum absolute atomic E-state index is 13.7. The Kier molecular flexibility index (Phi) is 6.30. The van der Waals surface area contributed by atoms with Crippen molar-refractivity contribution in [2.75, 3.05) is 13.1 Å². The average Bonchev–Trinajstić information content (AvgIpc) is 2.48. The van der Waals surface area contributed by atoms with E-state index in [0.29, 0.717) is 19.4 Å². The summed E-state index contributed by atoms with van der Waals surface area (Å²) in [6, 6.07) is 2.29. The number of aliphatic carboxylic acids is 1. The van der Waals surface area contributed by atoms with Crippen molar-refractivity contribution in [2.24, 2.45) is 0 Å². The van der Waals surface area contributed by atoms with E-state index in [1.54, 1.807) is 0 Å². The lowest BCUT2D eigenvalue weighted by Gasteiger charge is -2.42. The van der Waals surface area contributed by atoms with Gasteiger partial charge in [-0.2, -0.15) is 0 Å². The van der Waals surface area contributed by atoms with Gasteiger partial charge in [0.15, 0.2) is 0 Å². The van der Waals surface area contributed by atoms with Crippen LogP contribution in [0.1, 0.15) is 38.3 Å². The highest BCUT2D eigenvalue weighted by atomic mass is 19.1. The fourth-order valence-corrected chi connectivity index (χ4v) is 3.10. The first kappa shape index (κ1) is 19.1. The predicted molar refractivity (Wildman–Crippen MR) is 88.1 cm³/mol. The zero-order chi connectivity index (χ0) is 18.6. The van der Waals surface area contributed by atoms with Crippen LogP contribution in [0.4, 0.5) is 13.6 Å². The Morgan fingerprint density at radius 2 is 1.92 bits per heavy atom. The van der Waals surface area contributed by atoms with Gasteiger partial charge in [-0.05, 0) is 38.4 Å². The molecule has 0 radical (unpaired) electrons. The minimum absolute atomic E-state index is 0.0241. The number of amides is 2. The number of halogens is 2. The Hall–Kier alpha value is -2.22. The largest absolute Gasteiger partial charge is 0.480 e. The molecule has 138 valence electrons. The number of benzene rings is 1. The minimum Gasteiger partial charge on any atom is -0.480 e. The number of urea groups is 1. The summed E-state index contributed by atoms with van der Waals surface area (Å²) < 4.78 is 27.4. The smallest absolute Gasteiger partial charge is 0.317 e. The monoisotopic (exact) mass is 355 g/mol. The van der Waals surface area contributed by atoms with E-state index in [9.17, 15) is 18.4 Å². The van der Waals surface area contributed by atoms with Gasteiger partial charge in [0.1, 0.15) is 11.6 Å². The molecule has 0 saturated heterocycles. The number of likely N-dealkylation sites (N-methyl/N-ethyl adjacent to an activating group) is 1. The molecule has 1 aromatic carbocycles. The summed E-state index contributed by atoms with van der Waals surface area (Å²) in [5, 5.41) is 14.1. The van der Waals surface area contributed by atoms with Gasteiger partial charge in [-0.3, -0.25) is 9.69 Å². The number of hydrogen-bond acceptors (Lipinski definition) is 3. The fraction of sp³-hybridized carbons (Fsp3) is 0.529. The highest BCUT2D eigenvalue weighted by Gasteiger charge is 2.34. The quantitative estimate of drug-likeness (QED) is 0.701. The lowest BCUT2D eigenvalue weighted by molar-refractivity contribution is -0.139. The van der Waals surface area contributed by atoms with Gasteiger partial charge < -0.3 is 15.7 Å². The molecule has 1 aliphatic rings. The summed E-state index contributed by atoms with van der Waals surface area (Å²) in [7, 11) is 0. The van der Waals surface area contributed by atoms with Crippen LogP contribution >= 0.6 is 0 Å². The van der Waals surface area contributed by atoms with Gasteiger partial charge in [-0.25, -0.2) is 13.6 Å². The zero-order valence-corrected chi connectivity index (χ0v) is 14.3. The van der Waals surface area contributed by atoms with Crippen LogP contribution in [-0.2, 0) is 4.79 Å². The molecule has 1 atom stereocenters. The first-order chi connectivity index (χ1) is 11.8. The molecular formula is C17H23F2N3O3. The lowest BCUT2D eigenvalue weighted by atomic mass is 9.85. The molecule has 0 heterocycles. The molecule has 2 rings (SSSR count). The second-order valence-corrected chi connectivity index (χ2v) is 6.25. The van der Waals surface area contributed by atoms with Gasteiger partial charge in [-0.15, -0.1) is 0 Å². The van der Waals surface area contributed by atoms with Crippen molar-refractivity contribution in [3.05, 3.63) is 35.4 Å². The van der Waals surface area contributed by atoms with Gasteiger partial charge >= 0.3 is 12.0 Å². The molecular weight excluding hydrogens is 332 g/mol. The summed E-state index contributed by atoms with van der Waals surface area (Å²) in [6.07, 6.45) is 1.30. The Morgan fingerprint density at radius 1 is 1.32 bits per heavy atom. The normalized spacial score (nSPS) is 20.7. The molecule has 8 heteroatoms. The van der Waals surface area contributed by atoms with E-state index >= 15 is 0 Å². The van der Waals surface area contributed by atoms with Crippen LogP contribution in [0.15, 0.2) is 18.2 Å². The lowest BCUT2D eigenvalue weighted by Crippen LogP contribution is -2.56. The molecule has 0 aromatic heterocycles. The fourth-order valence-electron chi connectivity index (χ4n) is 3.10. The maximum atomic E-state index is 13.7. The second-order valence-electron chi connectivity index (χ2n) is 6.25. The zero-order valence-electron chi connectivity index (χ0n) is 14.3. The summed E-state index contributed by atoms with van der Waals surface area (Å²) in [4.78, 5) is 24.6. The van der Waals surface area contributed by atoms with Crippen molar-refractivity contribution in [1.29, 1.82) is 0 Å². The van der Waals surface area contributed by atoms with Crippen LogP contribution in [-0.4, -0.2) is 47.2 Å². The van der Waals surface area contributed by atoms with Gasteiger partial charge in [0.05, 0.1) is 12.6 Å². The van der Waals surface area contributed by atoms with E-state index in [0.717, 1.165) is 12.1 Å². The molecule has 25 heavy (non-hydrogen) atoms. The first-order valence-electron chi connectivity index (χ1n) is 8.28. The van der Waals surface area contributed by atoms with E-state index in [1.165, 1.54) is 13.0 Å². The second kappa shape index (κ2) is 8.24. The van der Waals surface area contributed by atoms with Gasteiger partial charge in [0.25, 0.3) is 0 Å². The topological polar surface area (TPSA) is 81.7 Å². The highest BCUT2D eigenvalue weighted by Crippen LogP contribution is 2.26. The number of hydrogen-bond donors (Lipinski definition) is 3. The van der Waals surface area contributed by atoms with Crippen molar-refractivity contribution in [2.45, 2.75) is 44.8 Å². The van der Waals surface area contributed by atoms with Crippen LogP contribution in [0.2, 0.25) is 0 Å². The standard InChI is InChI=1S/C17H23F2N3O3/c1-3-22(9-15(23)24)12-7-11(8-12)21-17(25)20-10(2)16-13(18)5-4-6-14(16)19/h4-6,10-12H,3,7-9H2,1-2H3,(H,23,24)(H2,20,21,25). The summed E-state index contributed by atoms with van der Waals surface area (Å²) in [6.45, 7) is 4.00. The molecule has 3 N–H and O–H groups in total. The Bertz CT molecular complexity index is 615. The molecule has 0 spiro atoms. The van der Waals surface area contributed by atoms with Crippen molar-refractivity contribution >= 4 is 12.0 Å². The highest BCUT2D eigenvalue weighted by molar-refractivity contribution is 5.75. The SMILES string of the molecule is CCN(CC(=O)O)C1CC(NC(=O)NC(C)c2c(F)cccc2F)C1. The predicted octanol–water partition coefficient (Wildman–Crippen LogP) is 2.26. The third kappa shape index (κ3) is 4.88. The van der Waals surface area contributed by atoms with Crippen molar-refractivity contribution in [3.8, 4) is 0 Å². The molecule has 2 amide bonds. The first-order valence-corrected chi connectivity index (χ1v) is 8.28. The molecule has 1 saturated carbocycles. The number of carbonyl (C=O) groups excluding carboxylic acids is 1. The average molecular weight is 355 g/mol.